The molecule has 3 nitrogen and oxygen atoms in total. The van der Waals surface area contributed by atoms with Crippen LogP contribution in [0, 0.1) is 6.92 Å². The molecule has 0 bridgehead atoms. The summed E-state index contributed by atoms with van der Waals surface area (Å²) < 4.78 is 0. The highest BCUT2D eigenvalue weighted by Gasteiger charge is 2.14. The van der Waals surface area contributed by atoms with Crippen molar-refractivity contribution in [2.75, 3.05) is 6.54 Å². The largest absolute Gasteiger partial charge is 0.288 e. The summed E-state index contributed by atoms with van der Waals surface area (Å²) in [4.78, 5) is 4.11. The van der Waals surface area contributed by atoms with Crippen LogP contribution in [0.1, 0.15) is 17.7 Å². The fraction of sp³-hybridized carbons (Fsp3) is 0.300. The van der Waals surface area contributed by atoms with E-state index in [0.717, 1.165) is 23.4 Å². The van der Waals surface area contributed by atoms with Crippen LogP contribution in [0.15, 0.2) is 24.4 Å². The molecular weight excluding hydrogens is 164 g/mol. The molecule has 3 heteroatoms. The van der Waals surface area contributed by atoms with E-state index < -0.39 is 0 Å². The Bertz CT molecular complexity index is 347. The zero-order valence-electron chi connectivity index (χ0n) is 7.57. The van der Waals surface area contributed by atoms with Gasteiger partial charge in [0.1, 0.15) is 0 Å². The van der Waals surface area contributed by atoms with Gasteiger partial charge < -0.3 is 0 Å². The van der Waals surface area contributed by atoms with Gasteiger partial charge in [0.2, 0.25) is 0 Å². The second kappa shape index (κ2) is 3.18. The first-order valence-electron chi connectivity index (χ1n) is 4.37. The molecule has 0 saturated heterocycles. The van der Waals surface area contributed by atoms with Crippen LogP contribution in [0.25, 0.3) is 5.70 Å². The third-order valence-electron chi connectivity index (χ3n) is 2.15. The average molecular weight is 176 g/mol. The summed E-state index contributed by atoms with van der Waals surface area (Å²) in [7, 11) is 0. The number of hydroxylamine groups is 2. The summed E-state index contributed by atoms with van der Waals surface area (Å²) in [6.45, 7) is 2.64. The maximum Gasteiger partial charge on any atom is 0.0668 e. The second-order valence-corrected chi connectivity index (χ2v) is 3.19. The van der Waals surface area contributed by atoms with Gasteiger partial charge in [-0.3, -0.25) is 15.3 Å². The maximum atomic E-state index is 9.48. The molecule has 0 saturated carbocycles. The van der Waals surface area contributed by atoms with Crippen LogP contribution in [0.5, 0.6) is 0 Å². The predicted octanol–water partition coefficient (Wildman–Crippen LogP) is 1.83. The highest BCUT2D eigenvalue weighted by molar-refractivity contribution is 5.64. The molecule has 0 radical (unpaired) electrons. The van der Waals surface area contributed by atoms with E-state index in [9.17, 15) is 5.21 Å². The zero-order valence-corrected chi connectivity index (χ0v) is 7.57. The van der Waals surface area contributed by atoms with Crippen LogP contribution >= 0.6 is 0 Å². The SMILES string of the molecule is Cc1cc(C2=CCCN2O)ccn1. The molecule has 2 rings (SSSR count). The first kappa shape index (κ1) is 8.26. The van der Waals surface area contributed by atoms with E-state index in [-0.39, 0.29) is 0 Å². The smallest absolute Gasteiger partial charge is 0.0668 e. The maximum absolute atomic E-state index is 9.48. The topological polar surface area (TPSA) is 36.4 Å². The van der Waals surface area contributed by atoms with E-state index in [1.165, 1.54) is 5.06 Å². The van der Waals surface area contributed by atoms with Gasteiger partial charge in [0.05, 0.1) is 5.70 Å². The molecule has 0 fully saturated rings. The number of aryl methyl sites for hydroxylation is 1. The summed E-state index contributed by atoms with van der Waals surface area (Å²) in [5.74, 6) is 0. The standard InChI is InChI=1S/C10H12N2O/c1-8-7-9(4-5-11-8)10-3-2-6-12(10)13/h3-5,7,13H,2,6H2,1H3. The van der Waals surface area contributed by atoms with E-state index in [1.807, 2.05) is 25.1 Å². The molecule has 0 atom stereocenters. The van der Waals surface area contributed by atoms with Crippen molar-refractivity contribution in [1.82, 2.24) is 10.0 Å². The zero-order chi connectivity index (χ0) is 9.26. The summed E-state index contributed by atoms with van der Waals surface area (Å²) in [6, 6.07) is 3.88. The monoisotopic (exact) mass is 176 g/mol. The Morgan fingerprint density at radius 3 is 3.00 bits per heavy atom. The predicted molar refractivity (Wildman–Crippen MR) is 50.1 cm³/mol. The number of pyridine rings is 1. The van der Waals surface area contributed by atoms with Gasteiger partial charge in [-0.05, 0) is 25.5 Å². The Morgan fingerprint density at radius 1 is 1.54 bits per heavy atom. The van der Waals surface area contributed by atoms with Gasteiger partial charge in [0.15, 0.2) is 0 Å². The Balaban J connectivity index is 2.35. The first-order valence-corrected chi connectivity index (χ1v) is 4.37. The Labute approximate surface area is 77.3 Å². The Morgan fingerprint density at radius 2 is 2.38 bits per heavy atom. The van der Waals surface area contributed by atoms with Crippen LogP contribution in [-0.4, -0.2) is 21.8 Å². The van der Waals surface area contributed by atoms with E-state index in [2.05, 4.69) is 4.98 Å². The molecule has 2 heterocycles. The summed E-state index contributed by atoms with van der Waals surface area (Å²) >= 11 is 0. The van der Waals surface area contributed by atoms with Gasteiger partial charge in [-0.1, -0.05) is 6.08 Å². The second-order valence-electron chi connectivity index (χ2n) is 3.19. The molecule has 0 aromatic carbocycles. The average Bonchev–Trinajstić information content (AvgIpc) is 2.51. The quantitative estimate of drug-likeness (QED) is 0.709. The molecule has 1 aliphatic heterocycles. The van der Waals surface area contributed by atoms with Crippen LogP contribution in [0.2, 0.25) is 0 Å². The third-order valence-corrected chi connectivity index (χ3v) is 2.15. The molecule has 0 amide bonds. The number of nitrogens with zero attached hydrogens (tertiary/aromatic N) is 2. The van der Waals surface area contributed by atoms with Gasteiger partial charge in [0.25, 0.3) is 0 Å². The lowest BCUT2D eigenvalue weighted by molar-refractivity contribution is -0.0182. The van der Waals surface area contributed by atoms with Crippen LogP contribution in [0.3, 0.4) is 0 Å². The van der Waals surface area contributed by atoms with Gasteiger partial charge in [-0.2, -0.15) is 0 Å². The number of hydrogen-bond donors (Lipinski definition) is 1. The van der Waals surface area contributed by atoms with Crippen molar-refractivity contribution in [1.29, 1.82) is 0 Å². The Kier molecular flexibility index (Phi) is 2.02. The van der Waals surface area contributed by atoms with Crippen LogP contribution in [0.4, 0.5) is 0 Å². The van der Waals surface area contributed by atoms with E-state index in [0.29, 0.717) is 6.54 Å². The normalized spacial score (nSPS) is 16.2. The first-order chi connectivity index (χ1) is 6.27. The Hall–Kier alpha value is -1.35. The van der Waals surface area contributed by atoms with Gasteiger partial charge >= 0.3 is 0 Å². The van der Waals surface area contributed by atoms with E-state index in [1.54, 1.807) is 6.20 Å². The van der Waals surface area contributed by atoms with Crippen LogP contribution < -0.4 is 0 Å². The van der Waals surface area contributed by atoms with Gasteiger partial charge in [0, 0.05) is 24.0 Å². The lowest BCUT2D eigenvalue weighted by atomic mass is 10.2. The molecule has 0 unspecified atom stereocenters. The van der Waals surface area contributed by atoms with Crippen molar-refractivity contribution in [3.63, 3.8) is 0 Å². The lowest BCUT2D eigenvalue weighted by Gasteiger charge is -2.13. The van der Waals surface area contributed by atoms with Gasteiger partial charge in [-0.25, -0.2) is 0 Å². The van der Waals surface area contributed by atoms with Crippen molar-refractivity contribution >= 4 is 5.70 Å². The highest BCUT2D eigenvalue weighted by Crippen LogP contribution is 2.23. The lowest BCUT2D eigenvalue weighted by Crippen LogP contribution is -2.13. The van der Waals surface area contributed by atoms with E-state index >= 15 is 0 Å². The molecule has 1 N–H and O–H groups in total. The minimum Gasteiger partial charge on any atom is -0.288 e. The third kappa shape index (κ3) is 1.55. The molecule has 1 aromatic rings. The molecule has 1 aliphatic rings. The highest BCUT2D eigenvalue weighted by atomic mass is 16.5. The summed E-state index contributed by atoms with van der Waals surface area (Å²) in [6.07, 6.45) is 4.71. The fourth-order valence-electron chi connectivity index (χ4n) is 1.52. The van der Waals surface area contributed by atoms with Crippen molar-refractivity contribution in [3.8, 4) is 0 Å². The molecule has 68 valence electrons. The van der Waals surface area contributed by atoms with Crippen LogP contribution in [-0.2, 0) is 0 Å². The van der Waals surface area contributed by atoms with Crippen molar-refractivity contribution in [3.05, 3.63) is 35.7 Å². The molecule has 13 heavy (non-hydrogen) atoms. The number of aromatic nitrogens is 1. The summed E-state index contributed by atoms with van der Waals surface area (Å²) in [5.41, 5.74) is 2.90. The summed E-state index contributed by atoms with van der Waals surface area (Å²) in [5, 5.41) is 10.8. The minimum atomic E-state index is 0.691. The number of hydrogen-bond acceptors (Lipinski definition) is 3. The van der Waals surface area contributed by atoms with Crippen molar-refractivity contribution in [2.45, 2.75) is 13.3 Å². The van der Waals surface area contributed by atoms with Crippen molar-refractivity contribution in [2.24, 2.45) is 0 Å². The van der Waals surface area contributed by atoms with Crippen molar-refractivity contribution < 1.29 is 5.21 Å². The fourth-order valence-corrected chi connectivity index (χ4v) is 1.52. The minimum absolute atomic E-state index is 0.691. The molecular formula is C10H12N2O. The molecule has 0 spiro atoms. The number of rotatable bonds is 1. The molecule has 0 aliphatic carbocycles. The molecule has 1 aromatic heterocycles. The van der Waals surface area contributed by atoms with E-state index in [4.69, 9.17) is 0 Å². The van der Waals surface area contributed by atoms with Gasteiger partial charge in [-0.15, -0.1) is 0 Å².